The van der Waals surface area contributed by atoms with Gasteiger partial charge in [0.2, 0.25) is 10.0 Å². The molecule has 0 saturated heterocycles. The third-order valence-electron chi connectivity index (χ3n) is 2.10. The highest BCUT2D eigenvalue weighted by Gasteiger charge is 2.38. The van der Waals surface area contributed by atoms with Gasteiger partial charge in [-0.05, 0) is 39.2 Å². The van der Waals surface area contributed by atoms with E-state index >= 15 is 0 Å². The second kappa shape index (κ2) is 3.83. The topological polar surface area (TPSA) is 46.2 Å². The molecule has 0 aromatic carbocycles. The van der Waals surface area contributed by atoms with Crippen LogP contribution in [0.5, 0.6) is 0 Å². The second-order valence-corrected chi connectivity index (χ2v) is 6.75. The van der Waals surface area contributed by atoms with Crippen LogP contribution in [0.3, 0.4) is 0 Å². The third-order valence-corrected chi connectivity index (χ3v) is 4.21. The van der Waals surface area contributed by atoms with Crippen molar-refractivity contribution in [2.75, 3.05) is 0 Å². The molecule has 0 radical (unpaired) electrons. The molecule has 6 heteroatoms. The number of halogens is 2. The van der Waals surface area contributed by atoms with Crippen molar-refractivity contribution in [1.82, 2.24) is 4.72 Å². The fourth-order valence-electron chi connectivity index (χ4n) is 1.37. The third kappa shape index (κ3) is 3.24. The molecule has 1 N–H and O–H groups in total. The maximum Gasteiger partial charge on any atom is 0.269 e. The monoisotopic (exact) mass is 239 g/mol. The zero-order valence-electron chi connectivity index (χ0n) is 8.97. The Morgan fingerprint density at radius 3 is 2.13 bits per heavy atom. The van der Waals surface area contributed by atoms with E-state index < -0.39 is 26.9 Å². The summed E-state index contributed by atoms with van der Waals surface area (Å²) >= 11 is 0. The molecule has 1 fully saturated rings. The maximum absolute atomic E-state index is 12.0. The van der Waals surface area contributed by atoms with Crippen molar-refractivity contribution in [1.29, 1.82) is 0 Å². The highest BCUT2D eigenvalue weighted by Crippen LogP contribution is 2.35. The molecule has 1 aliphatic carbocycles. The molecule has 0 heterocycles. The van der Waals surface area contributed by atoms with Crippen molar-refractivity contribution in [3.63, 3.8) is 0 Å². The van der Waals surface area contributed by atoms with Gasteiger partial charge in [-0.1, -0.05) is 0 Å². The van der Waals surface area contributed by atoms with Crippen LogP contribution >= 0.6 is 0 Å². The summed E-state index contributed by atoms with van der Waals surface area (Å²) in [4.78, 5) is 0. The van der Waals surface area contributed by atoms with Gasteiger partial charge in [-0.2, -0.15) is 8.78 Å². The summed E-state index contributed by atoms with van der Waals surface area (Å²) in [7, 11) is -3.47. The molecule has 0 aromatic heterocycles. The van der Waals surface area contributed by atoms with E-state index in [1.54, 1.807) is 20.8 Å². The summed E-state index contributed by atoms with van der Waals surface area (Å²) in [5, 5.41) is -0.701. The minimum atomic E-state index is -3.47. The minimum Gasteiger partial charge on any atom is -0.212 e. The molecular weight excluding hydrogens is 224 g/mol. The van der Waals surface area contributed by atoms with E-state index in [0.717, 1.165) is 0 Å². The Hall–Kier alpha value is -0.490. The molecule has 1 aliphatic rings. The van der Waals surface area contributed by atoms with E-state index in [2.05, 4.69) is 4.72 Å². The first kappa shape index (κ1) is 12.6. The molecular formula is C9H15F2NO2S. The molecule has 0 amide bonds. The molecule has 88 valence electrons. The number of hydrogen-bond donors (Lipinski definition) is 1. The Bertz CT molecular complexity index is 369. The molecule has 0 aliphatic heterocycles. The Morgan fingerprint density at radius 1 is 1.33 bits per heavy atom. The summed E-state index contributed by atoms with van der Waals surface area (Å²) in [6.45, 7) is 5.15. The predicted molar refractivity (Wildman–Crippen MR) is 54.1 cm³/mol. The van der Waals surface area contributed by atoms with Crippen molar-refractivity contribution in [3.05, 3.63) is 11.7 Å². The summed E-state index contributed by atoms with van der Waals surface area (Å²) in [5.41, 5.74) is -0.605. The van der Waals surface area contributed by atoms with Crippen LogP contribution in [0.4, 0.5) is 8.78 Å². The van der Waals surface area contributed by atoms with E-state index in [0.29, 0.717) is 0 Å². The number of nitrogens with one attached hydrogen (secondary N) is 1. The lowest BCUT2D eigenvalue weighted by Gasteiger charge is -2.31. The zero-order valence-corrected chi connectivity index (χ0v) is 9.79. The average Bonchev–Trinajstić information content (AvgIpc) is 1.72. The molecule has 1 saturated carbocycles. The van der Waals surface area contributed by atoms with E-state index in [-0.39, 0.29) is 18.4 Å². The van der Waals surface area contributed by atoms with Crippen LogP contribution in [-0.4, -0.2) is 19.2 Å². The van der Waals surface area contributed by atoms with Gasteiger partial charge in [-0.15, -0.1) is 0 Å². The van der Waals surface area contributed by atoms with Crippen molar-refractivity contribution in [2.24, 2.45) is 0 Å². The van der Waals surface area contributed by atoms with Gasteiger partial charge in [-0.3, -0.25) is 0 Å². The Morgan fingerprint density at radius 2 is 1.80 bits per heavy atom. The van der Waals surface area contributed by atoms with Crippen LogP contribution in [-0.2, 0) is 10.0 Å². The molecule has 15 heavy (non-hydrogen) atoms. The first-order chi connectivity index (χ1) is 6.62. The van der Waals surface area contributed by atoms with Gasteiger partial charge in [0.05, 0.1) is 5.25 Å². The molecule has 0 spiro atoms. The van der Waals surface area contributed by atoms with Gasteiger partial charge >= 0.3 is 0 Å². The van der Waals surface area contributed by atoms with Crippen LogP contribution in [0.1, 0.15) is 33.6 Å². The highest BCUT2D eigenvalue weighted by atomic mass is 32.2. The van der Waals surface area contributed by atoms with Gasteiger partial charge in [0, 0.05) is 5.54 Å². The van der Waals surface area contributed by atoms with Crippen LogP contribution in [0.2, 0.25) is 0 Å². The maximum atomic E-state index is 12.0. The van der Waals surface area contributed by atoms with Crippen molar-refractivity contribution in [2.45, 2.75) is 44.4 Å². The fourth-order valence-corrected chi connectivity index (χ4v) is 3.24. The van der Waals surface area contributed by atoms with Gasteiger partial charge in [-0.25, -0.2) is 13.1 Å². The number of hydrogen-bond acceptors (Lipinski definition) is 2. The highest BCUT2D eigenvalue weighted by molar-refractivity contribution is 7.90. The lowest BCUT2D eigenvalue weighted by Crippen LogP contribution is -2.48. The van der Waals surface area contributed by atoms with Crippen molar-refractivity contribution >= 4 is 10.0 Å². The molecule has 0 unspecified atom stereocenters. The van der Waals surface area contributed by atoms with E-state index in [1.165, 1.54) is 0 Å². The SMILES string of the molecule is CC(C)(C)NS(=O)(=O)C1CC(=C(F)F)C1. The van der Waals surface area contributed by atoms with Crippen LogP contribution in [0.15, 0.2) is 11.7 Å². The quantitative estimate of drug-likeness (QED) is 0.801. The number of sulfonamides is 1. The molecule has 1 rings (SSSR count). The molecule has 3 nitrogen and oxygen atoms in total. The molecule has 0 aromatic rings. The second-order valence-electron chi connectivity index (χ2n) is 4.79. The Kier molecular flexibility index (Phi) is 3.21. The Balaban J connectivity index is 2.65. The largest absolute Gasteiger partial charge is 0.269 e. The zero-order chi connectivity index (χ0) is 11.9. The number of allylic oxidation sites excluding steroid dienone is 1. The summed E-state index contributed by atoms with van der Waals surface area (Å²) < 4.78 is 49.8. The summed E-state index contributed by atoms with van der Waals surface area (Å²) in [6.07, 6.45) is -1.83. The van der Waals surface area contributed by atoms with Crippen molar-refractivity contribution in [3.8, 4) is 0 Å². The minimum absolute atomic E-state index is 0.0423. The smallest absolute Gasteiger partial charge is 0.212 e. The van der Waals surface area contributed by atoms with E-state index in [9.17, 15) is 17.2 Å². The first-order valence-electron chi connectivity index (χ1n) is 4.67. The van der Waals surface area contributed by atoms with Crippen molar-refractivity contribution < 1.29 is 17.2 Å². The normalized spacial score (nSPS) is 22.5. The van der Waals surface area contributed by atoms with E-state index in [4.69, 9.17) is 0 Å². The van der Waals surface area contributed by atoms with Crippen LogP contribution < -0.4 is 4.72 Å². The van der Waals surface area contributed by atoms with Gasteiger partial charge in [0.1, 0.15) is 0 Å². The lowest BCUT2D eigenvalue weighted by atomic mass is 9.93. The van der Waals surface area contributed by atoms with E-state index in [1.807, 2.05) is 0 Å². The fraction of sp³-hybridized carbons (Fsp3) is 0.778. The van der Waals surface area contributed by atoms with Crippen LogP contribution in [0, 0.1) is 0 Å². The lowest BCUT2D eigenvalue weighted by molar-refractivity contribution is 0.385. The number of rotatable bonds is 2. The van der Waals surface area contributed by atoms with Crippen LogP contribution in [0.25, 0.3) is 0 Å². The molecule has 0 bridgehead atoms. The molecule has 0 atom stereocenters. The summed E-state index contributed by atoms with van der Waals surface area (Å²) in [5.74, 6) is 0. The standard InChI is InChI=1S/C9H15F2NO2S/c1-9(2,3)12-15(13,14)7-4-6(5-7)8(10)11/h7,12H,4-5H2,1-3H3. The summed E-state index contributed by atoms with van der Waals surface area (Å²) in [6, 6.07) is 0. The van der Waals surface area contributed by atoms with Gasteiger partial charge in [0.25, 0.3) is 6.08 Å². The first-order valence-corrected chi connectivity index (χ1v) is 6.22. The van der Waals surface area contributed by atoms with Gasteiger partial charge in [0.15, 0.2) is 0 Å². The van der Waals surface area contributed by atoms with Gasteiger partial charge < -0.3 is 0 Å². The Labute approximate surface area is 88.6 Å². The average molecular weight is 239 g/mol. The predicted octanol–water partition coefficient (Wildman–Crippen LogP) is 2.02.